The summed E-state index contributed by atoms with van der Waals surface area (Å²) in [5.74, 6) is 7.23. The van der Waals surface area contributed by atoms with Crippen molar-refractivity contribution in [2.24, 2.45) is 0 Å². The van der Waals surface area contributed by atoms with Crippen molar-refractivity contribution in [1.82, 2.24) is 0 Å². The van der Waals surface area contributed by atoms with Crippen LogP contribution in [0, 0.1) is 18.8 Å². The largest absolute Gasteiger partial charge is 0.488 e. The molecule has 3 rings (SSSR count). The van der Waals surface area contributed by atoms with Crippen molar-refractivity contribution >= 4 is 6.08 Å². The van der Waals surface area contributed by atoms with E-state index in [9.17, 15) is 0 Å². The van der Waals surface area contributed by atoms with Gasteiger partial charge in [-0.15, -0.1) is 0 Å². The Morgan fingerprint density at radius 3 is 2.32 bits per heavy atom. The van der Waals surface area contributed by atoms with Gasteiger partial charge in [0, 0.05) is 5.56 Å². The molecule has 0 saturated heterocycles. The molecule has 0 bridgehead atoms. The molecular formula is C24H20O. The Hall–Kier alpha value is -3.24. The van der Waals surface area contributed by atoms with Crippen molar-refractivity contribution in [3.8, 4) is 17.6 Å². The highest BCUT2D eigenvalue weighted by molar-refractivity contribution is 5.52. The van der Waals surface area contributed by atoms with Crippen molar-refractivity contribution in [2.75, 3.05) is 6.61 Å². The predicted octanol–water partition coefficient (Wildman–Crippen LogP) is 5.49. The highest BCUT2D eigenvalue weighted by atomic mass is 16.5. The summed E-state index contributed by atoms with van der Waals surface area (Å²) in [4.78, 5) is 0. The van der Waals surface area contributed by atoms with Crippen LogP contribution in [0.4, 0.5) is 0 Å². The molecule has 0 unspecified atom stereocenters. The zero-order chi connectivity index (χ0) is 17.3. The van der Waals surface area contributed by atoms with Crippen LogP contribution in [-0.4, -0.2) is 6.61 Å². The molecule has 0 heterocycles. The Labute approximate surface area is 149 Å². The van der Waals surface area contributed by atoms with Crippen molar-refractivity contribution in [2.45, 2.75) is 6.92 Å². The number of aryl methyl sites for hydroxylation is 1. The minimum Gasteiger partial charge on any atom is -0.488 e. The Bertz CT molecular complexity index is 897. The summed E-state index contributed by atoms with van der Waals surface area (Å²) in [6.07, 6.45) is 4.08. The zero-order valence-electron chi connectivity index (χ0n) is 14.3. The van der Waals surface area contributed by atoms with Gasteiger partial charge in [0.15, 0.2) is 0 Å². The summed E-state index contributed by atoms with van der Waals surface area (Å²) in [7, 11) is 0. The fraction of sp³-hybridized carbons (Fsp3) is 0.0833. The maximum Gasteiger partial charge on any atom is 0.135 e. The lowest BCUT2D eigenvalue weighted by atomic mass is 10.1. The van der Waals surface area contributed by atoms with Gasteiger partial charge in [-0.1, -0.05) is 72.5 Å². The molecule has 1 heteroatoms. The molecule has 0 radical (unpaired) electrons. The molecule has 1 nitrogen and oxygen atoms in total. The molecule has 0 amide bonds. The van der Waals surface area contributed by atoms with Crippen LogP contribution in [0.15, 0.2) is 84.9 Å². The molecule has 0 spiro atoms. The van der Waals surface area contributed by atoms with Gasteiger partial charge in [0.2, 0.25) is 0 Å². The van der Waals surface area contributed by atoms with E-state index >= 15 is 0 Å². The van der Waals surface area contributed by atoms with Crippen LogP contribution < -0.4 is 4.74 Å². The first-order valence-electron chi connectivity index (χ1n) is 8.33. The molecule has 0 aliphatic carbocycles. The van der Waals surface area contributed by atoms with Gasteiger partial charge in [0.05, 0.1) is 5.56 Å². The molecule has 122 valence electrons. The number of ether oxygens (including phenoxy) is 1. The quantitative estimate of drug-likeness (QED) is 0.577. The van der Waals surface area contributed by atoms with Crippen LogP contribution in [-0.2, 0) is 0 Å². The third kappa shape index (κ3) is 5.12. The first kappa shape index (κ1) is 16.6. The summed E-state index contributed by atoms with van der Waals surface area (Å²) in [6, 6.07) is 26.3. The van der Waals surface area contributed by atoms with Gasteiger partial charge >= 0.3 is 0 Å². The molecule has 0 aliphatic rings. The van der Waals surface area contributed by atoms with Crippen LogP contribution in [0.3, 0.4) is 0 Å². The van der Waals surface area contributed by atoms with Gasteiger partial charge in [-0.2, -0.15) is 0 Å². The molecule has 0 N–H and O–H groups in total. The Kier molecular flexibility index (Phi) is 5.69. The van der Waals surface area contributed by atoms with E-state index in [-0.39, 0.29) is 0 Å². The van der Waals surface area contributed by atoms with E-state index in [0.29, 0.717) is 6.61 Å². The smallest absolute Gasteiger partial charge is 0.135 e. The van der Waals surface area contributed by atoms with Crippen molar-refractivity contribution in [1.29, 1.82) is 0 Å². The van der Waals surface area contributed by atoms with Crippen LogP contribution in [0.2, 0.25) is 0 Å². The van der Waals surface area contributed by atoms with Gasteiger partial charge in [0.1, 0.15) is 12.4 Å². The number of hydrogen-bond donors (Lipinski definition) is 0. The van der Waals surface area contributed by atoms with Crippen LogP contribution >= 0.6 is 0 Å². The first-order chi connectivity index (χ1) is 12.3. The predicted molar refractivity (Wildman–Crippen MR) is 105 cm³/mol. The summed E-state index contributed by atoms with van der Waals surface area (Å²) in [6.45, 7) is 2.57. The highest BCUT2D eigenvalue weighted by Crippen LogP contribution is 2.19. The normalized spacial score (nSPS) is 10.3. The summed E-state index contributed by atoms with van der Waals surface area (Å²) >= 11 is 0. The van der Waals surface area contributed by atoms with E-state index in [1.54, 1.807) is 0 Å². The zero-order valence-corrected chi connectivity index (χ0v) is 14.3. The van der Waals surface area contributed by atoms with E-state index in [4.69, 9.17) is 4.74 Å². The van der Waals surface area contributed by atoms with E-state index in [2.05, 4.69) is 43.0 Å². The van der Waals surface area contributed by atoms with Gasteiger partial charge in [-0.3, -0.25) is 0 Å². The second kappa shape index (κ2) is 8.57. The molecule has 0 fully saturated rings. The molecular weight excluding hydrogens is 304 g/mol. The average Bonchev–Trinajstić information content (AvgIpc) is 2.66. The lowest BCUT2D eigenvalue weighted by Gasteiger charge is -2.07. The lowest BCUT2D eigenvalue weighted by molar-refractivity contribution is 0.362. The van der Waals surface area contributed by atoms with Crippen LogP contribution in [0.1, 0.15) is 22.3 Å². The highest BCUT2D eigenvalue weighted by Gasteiger charge is 2.01. The molecule has 0 saturated carbocycles. The topological polar surface area (TPSA) is 9.23 Å². The number of rotatable bonds is 4. The SMILES string of the molecule is Cc1ccc(C#Cc2ccccc2)c(OC/C=C/c2ccccc2)c1. The van der Waals surface area contributed by atoms with Gasteiger partial charge in [0.25, 0.3) is 0 Å². The average molecular weight is 324 g/mol. The Morgan fingerprint density at radius 2 is 1.56 bits per heavy atom. The summed E-state index contributed by atoms with van der Waals surface area (Å²) < 4.78 is 5.94. The van der Waals surface area contributed by atoms with E-state index in [0.717, 1.165) is 22.4 Å². The van der Waals surface area contributed by atoms with Crippen molar-refractivity contribution in [3.63, 3.8) is 0 Å². The van der Waals surface area contributed by atoms with Crippen molar-refractivity contribution in [3.05, 3.63) is 107 Å². The first-order valence-corrected chi connectivity index (χ1v) is 8.33. The number of hydrogen-bond acceptors (Lipinski definition) is 1. The fourth-order valence-corrected chi connectivity index (χ4v) is 2.40. The minimum absolute atomic E-state index is 0.512. The molecule has 0 aromatic heterocycles. The third-order valence-electron chi connectivity index (χ3n) is 3.70. The maximum atomic E-state index is 5.94. The minimum atomic E-state index is 0.512. The molecule has 0 atom stereocenters. The molecule has 3 aromatic carbocycles. The maximum absolute atomic E-state index is 5.94. The second-order valence-corrected chi connectivity index (χ2v) is 5.74. The lowest BCUT2D eigenvalue weighted by Crippen LogP contribution is -1.96. The van der Waals surface area contributed by atoms with E-state index < -0.39 is 0 Å². The van der Waals surface area contributed by atoms with Crippen LogP contribution in [0.5, 0.6) is 5.75 Å². The second-order valence-electron chi connectivity index (χ2n) is 5.74. The van der Waals surface area contributed by atoms with Crippen molar-refractivity contribution < 1.29 is 4.74 Å². The number of benzene rings is 3. The van der Waals surface area contributed by atoms with Gasteiger partial charge < -0.3 is 4.74 Å². The van der Waals surface area contributed by atoms with E-state index in [1.165, 1.54) is 5.56 Å². The summed E-state index contributed by atoms with van der Waals surface area (Å²) in [5.41, 5.74) is 4.23. The Balaban J connectivity index is 1.71. The van der Waals surface area contributed by atoms with Crippen LogP contribution in [0.25, 0.3) is 6.08 Å². The Morgan fingerprint density at radius 1 is 0.840 bits per heavy atom. The molecule has 0 aliphatic heterocycles. The fourth-order valence-electron chi connectivity index (χ4n) is 2.40. The standard InChI is InChI=1S/C24H20O/c1-20-14-16-23(17-15-22-11-6-3-7-12-22)24(19-20)25-18-8-13-21-9-4-2-5-10-21/h2-14,16,19H,18H2,1H3/b13-8+. The molecule has 25 heavy (non-hydrogen) atoms. The monoisotopic (exact) mass is 324 g/mol. The molecule has 3 aromatic rings. The van der Waals surface area contributed by atoms with Gasteiger partial charge in [-0.05, 0) is 48.4 Å². The third-order valence-corrected chi connectivity index (χ3v) is 3.70. The summed E-state index contributed by atoms with van der Waals surface area (Å²) in [5, 5.41) is 0. The van der Waals surface area contributed by atoms with Gasteiger partial charge in [-0.25, -0.2) is 0 Å². The van der Waals surface area contributed by atoms with E-state index in [1.807, 2.05) is 66.7 Å².